The molecule has 0 spiro atoms. The van der Waals surface area contributed by atoms with E-state index >= 15 is 0 Å². The molecule has 3 rings (SSSR count). The first kappa shape index (κ1) is 12.0. The van der Waals surface area contributed by atoms with Crippen molar-refractivity contribution in [3.05, 3.63) is 42.2 Å². The number of nitrogens with one attached hydrogen (secondary N) is 2. The second-order valence-corrected chi connectivity index (χ2v) is 4.03. The Morgan fingerprint density at radius 3 is 2.90 bits per heavy atom. The van der Waals surface area contributed by atoms with E-state index in [2.05, 4.69) is 30.2 Å². The molecule has 0 amide bonds. The highest BCUT2D eigenvalue weighted by Gasteiger charge is 2.06. The highest BCUT2D eigenvalue weighted by Crippen LogP contribution is 2.15. The van der Waals surface area contributed by atoms with Crippen LogP contribution in [0.3, 0.4) is 0 Å². The zero-order valence-corrected chi connectivity index (χ0v) is 10.2. The van der Waals surface area contributed by atoms with Crippen molar-refractivity contribution < 1.29 is 9.90 Å². The number of fused-ring (bicyclic) bond motifs is 1. The molecule has 0 saturated carbocycles. The number of nitrogens with zero attached hydrogens (tertiary/aromatic N) is 4. The molecule has 0 unspecified atom stereocenters. The maximum absolute atomic E-state index is 10.7. The van der Waals surface area contributed by atoms with Gasteiger partial charge in [-0.25, -0.2) is 24.7 Å². The Hall–Kier alpha value is -3.03. The van der Waals surface area contributed by atoms with Crippen LogP contribution in [-0.4, -0.2) is 36.0 Å². The van der Waals surface area contributed by atoms with Gasteiger partial charge in [-0.2, -0.15) is 0 Å². The third kappa shape index (κ3) is 2.26. The summed E-state index contributed by atoms with van der Waals surface area (Å²) < 4.78 is 0. The van der Waals surface area contributed by atoms with E-state index in [1.807, 2.05) is 0 Å². The Labute approximate surface area is 112 Å². The van der Waals surface area contributed by atoms with Gasteiger partial charge in [-0.1, -0.05) is 6.07 Å². The number of H-pyrrole nitrogens is 1. The van der Waals surface area contributed by atoms with Crippen LogP contribution in [0.25, 0.3) is 11.2 Å². The summed E-state index contributed by atoms with van der Waals surface area (Å²) in [6.45, 7) is 0.470. The van der Waals surface area contributed by atoms with Crippen LogP contribution in [0.2, 0.25) is 0 Å². The van der Waals surface area contributed by atoms with E-state index in [-0.39, 0.29) is 5.69 Å². The summed E-state index contributed by atoms with van der Waals surface area (Å²) in [5.74, 6) is -0.408. The predicted molar refractivity (Wildman–Crippen MR) is 70.2 cm³/mol. The van der Waals surface area contributed by atoms with Gasteiger partial charge < -0.3 is 15.4 Å². The van der Waals surface area contributed by atoms with Crippen LogP contribution in [0.5, 0.6) is 0 Å². The van der Waals surface area contributed by atoms with Gasteiger partial charge in [0.25, 0.3) is 0 Å². The van der Waals surface area contributed by atoms with E-state index in [1.54, 1.807) is 12.4 Å². The highest BCUT2D eigenvalue weighted by atomic mass is 16.4. The van der Waals surface area contributed by atoms with Crippen molar-refractivity contribution in [2.45, 2.75) is 6.54 Å². The number of aromatic amines is 1. The number of hydrogen-bond donors (Lipinski definition) is 3. The molecule has 20 heavy (non-hydrogen) atoms. The zero-order valence-electron chi connectivity index (χ0n) is 10.2. The number of aromatic nitrogens is 5. The third-order valence-electron chi connectivity index (χ3n) is 2.73. The van der Waals surface area contributed by atoms with E-state index in [0.29, 0.717) is 18.0 Å². The first-order valence-corrected chi connectivity index (χ1v) is 5.80. The second kappa shape index (κ2) is 4.92. The quantitative estimate of drug-likeness (QED) is 0.648. The molecule has 0 bridgehead atoms. The summed E-state index contributed by atoms with van der Waals surface area (Å²) >= 11 is 0. The number of imidazole rings is 1. The molecule has 0 aliphatic rings. The van der Waals surface area contributed by atoms with Crippen molar-refractivity contribution >= 4 is 23.0 Å². The lowest BCUT2D eigenvalue weighted by atomic mass is 10.2. The first-order valence-electron chi connectivity index (χ1n) is 5.80. The van der Waals surface area contributed by atoms with Gasteiger partial charge in [-0.05, 0) is 11.6 Å². The van der Waals surface area contributed by atoms with Gasteiger partial charge in [0.1, 0.15) is 17.5 Å². The fourth-order valence-electron chi connectivity index (χ4n) is 1.74. The molecule has 0 atom stereocenters. The van der Waals surface area contributed by atoms with Gasteiger partial charge in [0, 0.05) is 12.7 Å². The smallest absolute Gasteiger partial charge is 0.354 e. The van der Waals surface area contributed by atoms with Gasteiger partial charge in [0.15, 0.2) is 11.5 Å². The van der Waals surface area contributed by atoms with Crippen molar-refractivity contribution in [2.24, 2.45) is 0 Å². The molecule has 0 aromatic carbocycles. The number of carbonyl (C=O) groups is 1. The summed E-state index contributed by atoms with van der Waals surface area (Å²) in [5.41, 5.74) is 2.18. The lowest BCUT2D eigenvalue weighted by Gasteiger charge is -2.05. The van der Waals surface area contributed by atoms with Gasteiger partial charge in [-0.3, -0.25) is 0 Å². The molecule has 8 heteroatoms. The minimum Gasteiger partial charge on any atom is -0.477 e. The Morgan fingerprint density at radius 1 is 1.25 bits per heavy atom. The third-order valence-corrected chi connectivity index (χ3v) is 2.73. The van der Waals surface area contributed by atoms with Crippen LogP contribution in [0.15, 0.2) is 31.0 Å². The van der Waals surface area contributed by atoms with Crippen LogP contribution in [0.1, 0.15) is 16.1 Å². The predicted octanol–water partition coefficient (Wildman–Crippen LogP) is 1.06. The molecule has 3 aromatic rings. The van der Waals surface area contributed by atoms with E-state index in [9.17, 15) is 4.79 Å². The lowest BCUT2D eigenvalue weighted by Crippen LogP contribution is -2.05. The summed E-state index contributed by atoms with van der Waals surface area (Å²) in [5, 5.41) is 11.9. The Balaban J connectivity index is 1.76. The van der Waals surface area contributed by atoms with Gasteiger partial charge in [0.05, 0.1) is 6.33 Å². The Morgan fingerprint density at radius 2 is 2.15 bits per heavy atom. The summed E-state index contributed by atoms with van der Waals surface area (Å²) in [7, 11) is 0. The van der Waals surface area contributed by atoms with E-state index in [0.717, 1.165) is 11.1 Å². The van der Waals surface area contributed by atoms with Crippen molar-refractivity contribution in [2.75, 3.05) is 5.32 Å². The van der Waals surface area contributed by atoms with E-state index in [1.165, 1.54) is 18.6 Å². The maximum atomic E-state index is 10.7. The van der Waals surface area contributed by atoms with Crippen LogP contribution in [-0.2, 0) is 6.54 Å². The number of aromatic carboxylic acids is 1. The molecule has 0 fully saturated rings. The highest BCUT2D eigenvalue weighted by molar-refractivity contribution is 5.85. The van der Waals surface area contributed by atoms with Gasteiger partial charge >= 0.3 is 5.97 Å². The van der Waals surface area contributed by atoms with Crippen LogP contribution < -0.4 is 5.32 Å². The molecule has 0 aliphatic heterocycles. The van der Waals surface area contributed by atoms with Crippen molar-refractivity contribution in [1.29, 1.82) is 0 Å². The van der Waals surface area contributed by atoms with E-state index in [4.69, 9.17) is 5.11 Å². The largest absolute Gasteiger partial charge is 0.477 e. The SMILES string of the molecule is O=C(O)c1ccc(CNc2ncnc3nc[nH]c23)cn1. The number of hydrogen-bond acceptors (Lipinski definition) is 6. The fourth-order valence-corrected chi connectivity index (χ4v) is 1.74. The van der Waals surface area contributed by atoms with Crippen LogP contribution in [0, 0.1) is 0 Å². The van der Waals surface area contributed by atoms with Gasteiger partial charge in [-0.15, -0.1) is 0 Å². The molecule has 100 valence electrons. The molecule has 0 saturated heterocycles. The van der Waals surface area contributed by atoms with Crippen LogP contribution in [0.4, 0.5) is 5.82 Å². The number of rotatable bonds is 4. The van der Waals surface area contributed by atoms with Crippen molar-refractivity contribution in [1.82, 2.24) is 24.9 Å². The normalized spacial score (nSPS) is 10.6. The van der Waals surface area contributed by atoms with Gasteiger partial charge in [0.2, 0.25) is 0 Å². The van der Waals surface area contributed by atoms with E-state index < -0.39 is 5.97 Å². The Bertz CT molecular complexity index is 752. The van der Waals surface area contributed by atoms with Crippen molar-refractivity contribution in [3.8, 4) is 0 Å². The molecular weight excluding hydrogens is 260 g/mol. The number of carboxylic acid groups (broad SMARTS) is 1. The summed E-state index contributed by atoms with van der Waals surface area (Å²) in [4.78, 5) is 29.7. The molecule has 3 heterocycles. The standard InChI is InChI=1S/C12H10N6O2/c19-12(20)8-2-1-7(3-13-8)4-14-10-9-11(16-5-15-9)18-6-17-10/h1-3,5-6H,4H2,(H,19,20)(H2,14,15,16,17,18). The second-order valence-electron chi connectivity index (χ2n) is 4.03. The lowest BCUT2D eigenvalue weighted by molar-refractivity contribution is 0.0690. The average Bonchev–Trinajstić information content (AvgIpc) is 2.94. The molecule has 8 nitrogen and oxygen atoms in total. The molecule has 3 N–H and O–H groups in total. The molecule has 0 radical (unpaired) electrons. The number of carboxylic acids is 1. The fraction of sp³-hybridized carbons (Fsp3) is 0.0833. The topological polar surface area (TPSA) is 117 Å². The summed E-state index contributed by atoms with van der Waals surface area (Å²) in [6.07, 6.45) is 4.49. The number of pyridine rings is 1. The summed E-state index contributed by atoms with van der Waals surface area (Å²) in [6, 6.07) is 3.17. The molecule has 0 aliphatic carbocycles. The average molecular weight is 270 g/mol. The molecule has 3 aromatic heterocycles. The van der Waals surface area contributed by atoms with Crippen molar-refractivity contribution in [3.63, 3.8) is 0 Å². The Kier molecular flexibility index (Phi) is 2.96. The minimum atomic E-state index is -1.04. The zero-order chi connectivity index (χ0) is 13.9. The maximum Gasteiger partial charge on any atom is 0.354 e. The first-order chi connectivity index (χ1) is 9.74. The monoisotopic (exact) mass is 270 g/mol. The molecular formula is C12H10N6O2. The van der Waals surface area contributed by atoms with Crippen LogP contribution >= 0.6 is 0 Å². The number of anilines is 1. The minimum absolute atomic E-state index is 0.0201.